The molecule has 3 heterocycles. The van der Waals surface area contributed by atoms with Gasteiger partial charge in [-0.15, -0.1) is 0 Å². The van der Waals surface area contributed by atoms with Crippen LogP contribution in [0, 0.1) is 0 Å². The summed E-state index contributed by atoms with van der Waals surface area (Å²) in [7, 11) is 0. The van der Waals surface area contributed by atoms with E-state index in [0.717, 1.165) is 16.5 Å². The highest BCUT2D eigenvalue weighted by atomic mass is 35.5. The highest BCUT2D eigenvalue weighted by Crippen LogP contribution is 2.31. The second-order valence-corrected chi connectivity index (χ2v) is 10.6. The first kappa shape index (κ1) is 26.9. The number of nitrogens with zero attached hydrogens (tertiary/aromatic N) is 4. The van der Waals surface area contributed by atoms with Gasteiger partial charge in [0.1, 0.15) is 10.6 Å². The molecular weight excluding hydrogens is 517 g/mol. The number of benzene rings is 1. The molecule has 0 fully saturated rings. The third kappa shape index (κ3) is 6.80. The van der Waals surface area contributed by atoms with E-state index >= 15 is 0 Å². The van der Waals surface area contributed by atoms with Crippen molar-refractivity contribution < 1.29 is 18.8 Å². The molecule has 4 rings (SSSR count). The minimum atomic E-state index is -0.484. The molecule has 0 spiro atoms. The van der Waals surface area contributed by atoms with Crippen molar-refractivity contribution in [1.29, 1.82) is 0 Å². The molecule has 196 valence electrons. The summed E-state index contributed by atoms with van der Waals surface area (Å²) in [4.78, 5) is 20.6. The smallest absolute Gasteiger partial charge is 0.307 e. The predicted octanol–water partition coefficient (Wildman–Crippen LogP) is 5.99. The lowest BCUT2D eigenvalue weighted by Gasteiger charge is -2.19. The predicted molar refractivity (Wildman–Crippen MR) is 142 cm³/mol. The summed E-state index contributed by atoms with van der Waals surface area (Å²) in [5.41, 5.74) is 1.94. The second kappa shape index (κ2) is 11.1. The number of pyridine rings is 1. The molecule has 0 bridgehead atoms. The Labute approximate surface area is 225 Å². The van der Waals surface area contributed by atoms with Crippen molar-refractivity contribution in [2.75, 3.05) is 6.54 Å². The van der Waals surface area contributed by atoms with Gasteiger partial charge in [-0.05, 0) is 63.5 Å². The van der Waals surface area contributed by atoms with E-state index in [0.29, 0.717) is 46.9 Å². The molecule has 37 heavy (non-hydrogen) atoms. The van der Waals surface area contributed by atoms with E-state index in [1.807, 2.05) is 52.8 Å². The van der Waals surface area contributed by atoms with Crippen molar-refractivity contribution in [3.05, 3.63) is 52.3 Å². The van der Waals surface area contributed by atoms with Crippen LogP contribution < -0.4 is 10.1 Å². The Bertz CT molecular complexity index is 1410. The zero-order chi connectivity index (χ0) is 26.7. The monoisotopic (exact) mass is 545 g/mol. The Kier molecular flexibility index (Phi) is 8.06. The fraction of sp³-hybridized carbons (Fsp3) is 0.385. The Morgan fingerprint density at radius 1 is 1.19 bits per heavy atom. The largest absolute Gasteiger partial charge is 0.474 e. The van der Waals surface area contributed by atoms with Crippen LogP contribution in [0.5, 0.6) is 5.88 Å². The van der Waals surface area contributed by atoms with Gasteiger partial charge in [0.25, 0.3) is 11.8 Å². The number of hydrogen-bond donors (Lipinski definition) is 1. The average Bonchev–Trinajstić information content (AvgIpc) is 3.42. The fourth-order valence-corrected chi connectivity index (χ4v) is 4.07. The van der Waals surface area contributed by atoms with Gasteiger partial charge in [-0.1, -0.05) is 29.3 Å². The molecule has 0 saturated carbocycles. The summed E-state index contributed by atoms with van der Waals surface area (Å²) in [6.45, 7) is 10.4. The van der Waals surface area contributed by atoms with Gasteiger partial charge in [0.2, 0.25) is 5.88 Å². The van der Waals surface area contributed by atoms with Crippen LogP contribution in [-0.4, -0.2) is 43.9 Å². The quantitative estimate of drug-likeness (QED) is 0.202. The van der Waals surface area contributed by atoms with Gasteiger partial charge in [-0.2, -0.15) is 4.98 Å². The number of halogens is 2. The third-order valence-electron chi connectivity index (χ3n) is 5.11. The SMILES string of the molecule is CC(C)Oc1ncc(-c2nc(-n3cc(Cl)c4cc(CNCCC(=O)OC(C)(C)C)ccc43)no2)cc1Cl. The molecule has 0 atom stereocenters. The van der Waals surface area contributed by atoms with Crippen molar-refractivity contribution >= 4 is 40.1 Å². The van der Waals surface area contributed by atoms with E-state index in [1.165, 1.54) is 0 Å². The van der Waals surface area contributed by atoms with Gasteiger partial charge >= 0.3 is 5.97 Å². The molecule has 0 aliphatic heterocycles. The van der Waals surface area contributed by atoms with Crippen molar-refractivity contribution in [2.45, 2.75) is 59.3 Å². The topological polar surface area (TPSA) is 104 Å². The zero-order valence-corrected chi connectivity index (χ0v) is 22.9. The Balaban J connectivity index is 1.46. The normalized spacial score (nSPS) is 11.9. The maximum absolute atomic E-state index is 11.9. The number of carbonyl (C=O) groups excluding carboxylic acids is 1. The summed E-state index contributed by atoms with van der Waals surface area (Å²) >= 11 is 12.8. The van der Waals surface area contributed by atoms with Crippen LogP contribution in [-0.2, 0) is 16.1 Å². The number of esters is 1. The molecule has 0 aliphatic rings. The van der Waals surface area contributed by atoms with Crippen LogP contribution in [0.15, 0.2) is 41.2 Å². The van der Waals surface area contributed by atoms with E-state index in [2.05, 4.69) is 20.4 Å². The molecule has 1 aromatic carbocycles. The van der Waals surface area contributed by atoms with Crippen LogP contribution in [0.4, 0.5) is 0 Å². The lowest BCUT2D eigenvalue weighted by Crippen LogP contribution is -2.26. The molecule has 3 aromatic heterocycles. The second-order valence-electron chi connectivity index (χ2n) is 9.79. The molecule has 0 saturated heterocycles. The third-order valence-corrected chi connectivity index (χ3v) is 5.68. The maximum atomic E-state index is 11.9. The van der Waals surface area contributed by atoms with Crippen LogP contribution >= 0.6 is 23.2 Å². The summed E-state index contributed by atoms with van der Waals surface area (Å²) in [6, 6.07) is 7.59. The van der Waals surface area contributed by atoms with Crippen molar-refractivity contribution in [3.8, 4) is 23.3 Å². The summed E-state index contributed by atoms with van der Waals surface area (Å²) in [5, 5.41) is 9.13. The molecule has 4 aromatic rings. The number of ether oxygens (including phenoxy) is 2. The van der Waals surface area contributed by atoms with Crippen LogP contribution in [0.2, 0.25) is 10.0 Å². The zero-order valence-electron chi connectivity index (χ0n) is 21.3. The van der Waals surface area contributed by atoms with E-state index in [9.17, 15) is 4.79 Å². The van der Waals surface area contributed by atoms with E-state index in [-0.39, 0.29) is 18.0 Å². The Morgan fingerprint density at radius 2 is 1.97 bits per heavy atom. The average molecular weight is 546 g/mol. The van der Waals surface area contributed by atoms with Crippen molar-refractivity contribution in [1.82, 2.24) is 25.0 Å². The van der Waals surface area contributed by atoms with Crippen molar-refractivity contribution in [2.24, 2.45) is 0 Å². The molecular formula is C26H29Cl2N5O4. The Morgan fingerprint density at radius 3 is 2.68 bits per heavy atom. The Hall–Kier alpha value is -3.14. The van der Waals surface area contributed by atoms with Crippen LogP contribution in [0.3, 0.4) is 0 Å². The van der Waals surface area contributed by atoms with Gasteiger partial charge in [0, 0.05) is 30.9 Å². The first-order valence-electron chi connectivity index (χ1n) is 11.9. The lowest BCUT2D eigenvalue weighted by molar-refractivity contribution is -0.154. The molecule has 0 radical (unpaired) electrons. The molecule has 0 amide bonds. The van der Waals surface area contributed by atoms with Crippen LogP contribution in [0.25, 0.3) is 28.3 Å². The number of aromatic nitrogens is 4. The highest BCUT2D eigenvalue weighted by Gasteiger charge is 2.18. The van der Waals surface area contributed by atoms with Gasteiger partial charge in [0.15, 0.2) is 0 Å². The van der Waals surface area contributed by atoms with Gasteiger partial charge < -0.3 is 19.3 Å². The maximum Gasteiger partial charge on any atom is 0.307 e. The number of carbonyl (C=O) groups is 1. The summed E-state index contributed by atoms with van der Waals surface area (Å²) in [5.74, 6) is 0.712. The first-order chi connectivity index (χ1) is 17.5. The van der Waals surface area contributed by atoms with E-state index in [4.69, 9.17) is 37.2 Å². The molecule has 1 N–H and O–H groups in total. The van der Waals surface area contributed by atoms with Gasteiger partial charge in [-0.25, -0.2) is 4.98 Å². The number of rotatable bonds is 9. The van der Waals surface area contributed by atoms with Crippen molar-refractivity contribution in [3.63, 3.8) is 0 Å². The summed E-state index contributed by atoms with van der Waals surface area (Å²) in [6.07, 6.45) is 3.56. The number of hydrogen-bond acceptors (Lipinski definition) is 8. The number of nitrogens with one attached hydrogen (secondary N) is 1. The fourth-order valence-electron chi connectivity index (χ4n) is 3.61. The van der Waals surface area contributed by atoms with Gasteiger partial charge in [-0.3, -0.25) is 9.36 Å². The van der Waals surface area contributed by atoms with Gasteiger partial charge in [0.05, 0.1) is 28.6 Å². The highest BCUT2D eigenvalue weighted by molar-refractivity contribution is 6.35. The van der Waals surface area contributed by atoms with E-state index < -0.39 is 5.60 Å². The molecule has 0 unspecified atom stereocenters. The lowest BCUT2D eigenvalue weighted by atomic mass is 10.1. The molecule has 11 heteroatoms. The minimum absolute atomic E-state index is 0.0499. The standard InChI is InChI=1S/C26H29Cl2N5O4/c1-15(2)35-24-19(27)11-17(13-30-24)23-31-25(32-37-23)33-14-20(28)18-10-16(6-7-21(18)33)12-29-9-8-22(34)36-26(3,4)5/h6-7,10-11,13-15,29H,8-9,12H2,1-5H3. The van der Waals surface area contributed by atoms with E-state index in [1.54, 1.807) is 23.0 Å². The number of fused-ring (bicyclic) bond motifs is 1. The first-order valence-corrected chi connectivity index (χ1v) is 12.6. The molecule has 0 aliphatic carbocycles. The molecule has 9 nitrogen and oxygen atoms in total. The summed E-state index contributed by atoms with van der Waals surface area (Å²) < 4.78 is 18.1. The minimum Gasteiger partial charge on any atom is -0.474 e. The van der Waals surface area contributed by atoms with Crippen LogP contribution in [0.1, 0.15) is 46.6 Å².